The molecule has 0 bridgehead atoms. The predicted octanol–water partition coefficient (Wildman–Crippen LogP) is 5.17. The van der Waals surface area contributed by atoms with Crippen LogP contribution in [0.4, 0.5) is 5.69 Å². The van der Waals surface area contributed by atoms with Crippen molar-refractivity contribution in [2.24, 2.45) is 0 Å². The van der Waals surface area contributed by atoms with Gasteiger partial charge in [0, 0.05) is 5.69 Å². The van der Waals surface area contributed by atoms with Crippen LogP contribution in [0.15, 0.2) is 48.5 Å². The first-order valence-electron chi connectivity index (χ1n) is 8.70. The maximum atomic E-state index is 12.6. The van der Waals surface area contributed by atoms with Crippen molar-refractivity contribution < 1.29 is 9.53 Å². The van der Waals surface area contributed by atoms with E-state index in [0.717, 1.165) is 23.4 Å². The summed E-state index contributed by atoms with van der Waals surface area (Å²) in [6.45, 7) is 8.31. The Kier molecular flexibility index (Phi) is 6.42. The summed E-state index contributed by atoms with van der Waals surface area (Å²) in [5.74, 6) is 0.973. The van der Waals surface area contributed by atoms with Crippen LogP contribution in [0.5, 0.6) is 5.75 Å². The molecule has 2 rings (SSSR count). The van der Waals surface area contributed by atoms with E-state index in [1.807, 2.05) is 55.5 Å². The Bertz CT molecular complexity index is 662. The van der Waals surface area contributed by atoms with Crippen LogP contribution in [0.25, 0.3) is 0 Å². The number of aryl methyl sites for hydroxylation is 1. The average molecular weight is 325 g/mol. The van der Waals surface area contributed by atoms with Crippen LogP contribution in [0.1, 0.15) is 51.2 Å². The second kappa shape index (κ2) is 8.53. The molecule has 2 aromatic carbocycles. The zero-order valence-corrected chi connectivity index (χ0v) is 15.0. The zero-order chi connectivity index (χ0) is 17.5. The Morgan fingerprint density at radius 3 is 2.29 bits per heavy atom. The van der Waals surface area contributed by atoms with Crippen LogP contribution in [0.2, 0.25) is 0 Å². The Balaban J connectivity index is 2.08. The van der Waals surface area contributed by atoms with Gasteiger partial charge in [-0.15, -0.1) is 0 Å². The monoisotopic (exact) mass is 325 g/mol. The molecule has 2 aromatic rings. The number of para-hydroxylation sites is 1. The average Bonchev–Trinajstić information content (AvgIpc) is 2.60. The maximum Gasteiger partial charge on any atom is 0.265 e. The molecule has 1 amide bonds. The molecule has 1 N–H and O–H groups in total. The lowest BCUT2D eigenvalue weighted by Crippen LogP contribution is -2.32. The summed E-state index contributed by atoms with van der Waals surface area (Å²) in [5, 5.41) is 3.02. The van der Waals surface area contributed by atoms with Crippen molar-refractivity contribution in [1.82, 2.24) is 0 Å². The number of rotatable bonds is 7. The van der Waals surface area contributed by atoms with Gasteiger partial charge in [0.05, 0.1) is 0 Å². The number of nitrogens with one attached hydrogen (secondary N) is 1. The third-order valence-corrected chi connectivity index (χ3v) is 4.11. The smallest absolute Gasteiger partial charge is 0.265 e. The van der Waals surface area contributed by atoms with E-state index in [2.05, 4.69) is 26.1 Å². The molecule has 1 atom stereocenters. The molecule has 128 valence electrons. The Morgan fingerprint density at radius 2 is 1.71 bits per heavy atom. The van der Waals surface area contributed by atoms with Crippen LogP contribution in [-0.4, -0.2) is 12.0 Å². The highest BCUT2D eigenvalue weighted by molar-refractivity contribution is 5.95. The van der Waals surface area contributed by atoms with Crippen molar-refractivity contribution >= 4 is 11.6 Å². The van der Waals surface area contributed by atoms with E-state index in [4.69, 9.17) is 4.74 Å². The lowest BCUT2D eigenvalue weighted by molar-refractivity contribution is -0.122. The summed E-state index contributed by atoms with van der Waals surface area (Å²) >= 11 is 0. The van der Waals surface area contributed by atoms with Gasteiger partial charge in [-0.1, -0.05) is 58.0 Å². The van der Waals surface area contributed by atoms with Gasteiger partial charge in [-0.3, -0.25) is 4.79 Å². The standard InChI is InChI=1S/C21H27NO2/c1-5-16-11-13-17(14-12-16)24-20(6-2)21(23)22-19-10-8-7-9-18(19)15(3)4/h7-15,20H,5-6H2,1-4H3,(H,22,23). The van der Waals surface area contributed by atoms with E-state index in [0.29, 0.717) is 12.3 Å². The number of amides is 1. The molecule has 0 saturated heterocycles. The molecule has 0 saturated carbocycles. The van der Waals surface area contributed by atoms with E-state index in [1.54, 1.807) is 0 Å². The Labute approximate surface area is 145 Å². The molecule has 0 aliphatic rings. The molecule has 24 heavy (non-hydrogen) atoms. The van der Waals surface area contributed by atoms with Crippen LogP contribution in [-0.2, 0) is 11.2 Å². The van der Waals surface area contributed by atoms with E-state index in [9.17, 15) is 4.79 Å². The van der Waals surface area contributed by atoms with Crippen LogP contribution < -0.4 is 10.1 Å². The highest BCUT2D eigenvalue weighted by Gasteiger charge is 2.20. The fourth-order valence-electron chi connectivity index (χ4n) is 2.62. The molecule has 3 heteroatoms. The van der Waals surface area contributed by atoms with Crippen LogP contribution >= 0.6 is 0 Å². The Hall–Kier alpha value is -2.29. The summed E-state index contributed by atoms with van der Waals surface area (Å²) in [7, 11) is 0. The minimum absolute atomic E-state index is 0.106. The third-order valence-electron chi connectivity index (χ3n) is 4.11. The summed E-state index contributed by atoms with van der Waals surface area (Å²) < 4.78 is 5.89. The molecule has 0 aliphatic heterocycles. The fraction of sp³-hybridized carbons (Fsp3) is 0.381. The van der Waals surface area contributed by atoms with Crippen LogP contribution in [0, 0.1) is 0 Å². The van der Waals surface area contributed by atoms with Gasteiger partial charge in [0.25, 0.3) is 5.91 Å². The number of anilines is 1. The number of benzene rings is 2. The molecule has 1 unspecified atom stereocenters. The second-order valence-corrected chi connectivity index (χ2v) is 6.24. The first kappa shape index (κ1) is 18.1. The van der Waals surface area contributed by atoms with Crippen LogP contribution in [0.3, 0.4) is 0 Å². The van der Waals surface area contributed by atoms with Gasteiger partial charge in [-0.2, -0.15) is 0 Å². The third kappa shape index (κ3) is 4.60. The van der Waals surface area contributed by atoms with Gasteiger partial charge in [0.15, 0.2) is 6.10 Å². The summed E-state index contributed by atoms with van der Waals surface area (Å²) in [4.78, 5) is 12.6. The summed E-state index contributed by atoms with van der Waals surface area (Å²) in [6.07, 6.45) is 1.10. The summed E-state index contributed by atoms with van der Waals surface area (Å²) in [6, 6.07) is 15.8. The highest BCUT2D eigenvalue weighted by Crippen LogP contribution is 2.24. The number of hydrogen-bond donors (Lipinski definition) is 1. The van der Waals surface area contributed by atoms with E-state index in [-0.39, 0.29) is 5.91 Å². The molecular weight excluding hydrogens is 298 g/mol. The quantitative estimate of drug-likeness (QED) is 0.763. The molecule has 3 nitrogen and oxygen atoms in total. The van der Waals surface area contributed by atoms with Crippen molar-refractivity contribution in [2.75, 3.05) is 5.32 Å². The summed E-state index contributed by atoms with van der Waals surface area (Å²) in [5.41, 5.74) is 3.25. The van der Waals surface area contributed by atoms with E-state index < -0.39 is 6.10 Å². The maximum absolute atomic E-state index is 12.6. The minimum Gasteiger partial charge on any atom is -0.481 e. The zero-order valence-electron chi connectivity index (χ0n) is 15.0. The van der Waals surface area contributed by atoms with Crippen molar-refractivity contribution in [2.45, 2.75) is 52.6 Å². The van der Waals surface area contributed by atoms with Crippen molar-refractivity contribution in [3.63, 3.8) is 0 Å². The van der Waals surface area contributed by atoms with E-state index >= 15 is 0 Å². The molecule has 0 aliphatic carbocycles. The lowest BCUT2D eigenvalue weighted by Gasteiger charge is -2.19. The van der Waals surface area contributed by atoms with Crippen molar-refractivity contribution in [1.29, 1.82) is 0 Å². The number of carbonyl (C=O) groups excluding carboxylic acids is 1. The number of ether oxygens (including phenoxy) is 1. The van der Waals surface area contributed by atoms with Gasteiger partial charge in [0.1, 0.15) is 5.75 Å². The van der Waals surface area contributed by atoms with Crippen molar-refractivity contribution in [3.05, 3.63) is 59.7 Å². The number of hydrogen-bond acceptors (Lipinski definition) is 2. The van der Waals surface area contributed by atoms with Gasteiger partial charge in [-0.05, 0) is 48.1 Å². The van der Waals surface area contributed by atoms with E-state index in [1.165, 1.54) is 5.56 Å². The van der Waals surface area contributed by atoms with Gasteiger partial charge in [-0.25, -0.2) is 0 Å². The van der Waals surface area contributed by atoms with Gasteiger partial charge < -0.3 is 10.1 Å². The molecular formula is C21H27NO2. The lowest BCUT2D eigenvalue weighted by atomic mass is 10.0. The largest absolute Gasteiger partial charge is 0.481 e. The molecule has 0 fully saturated rings. The first-order valence-corrected chi connectivity index (χ1v) is 8.70. The minimum atomic E-state index is -0.502. The normalized spacial score (nSPS) is 12.0. The highest BCUT2D eigenvalue weighted by atomic mass is 16.5. The predicted molar refractivity (Wildman–Crippen MR) is 99.7 cm³/mol. The van der Waals surface area contributed by atoms with Gasteiger partial charge >= 0.3 is 0 Å². The molecule has 0 aromatic heterocycles. The Morgan fingerprint density at radius 1 is 1.04 bits per heavy atom. The molecule has 0 spiro atoms. The molecule has 0 radical (unpaired) electrons. The first-order chi connectivity index (χ1) is 11.5. The van der Waals surface area contributed by atoms with Crippen molar-refractivity contribution in [3.8, 4) is 5.75 Å². The fourth-order valence-corrected chi connectivity index (χ4v) is 2.62. The topological polar surface area (TPSA) is 38.3 Å². The number of carbonyl (C=O) groups is 1. The SMILES string of the molecule is CCc1ccc(OC(CC)C(=O)Nc2ccccc2C(C)C)cc1. The molecule has 0 heterocycles. The second-order valence-electron chi connectivity index (χ2n) is 6.24. The van der Waals surface area contributed by atoms with Gasteiger partial charge in [0.2, 0.25) is 0 Å².